The predicted molar refractivity (Wildman–Crippen MR) is 53.5 cm³/mol. The molecule has 2 nitrogen and oxygen atoms in total. The van der Waals surface area contributed by atoms with Gasteiger partial charge in [-0.1, -0.05) is 20.8 Å². The van der Waals surface area contributed by atoms with Crippen LogP contribution in [0.5, 0.6) is 0 Å². The van der Waals surface area contributed by atoms with Crippen LogP contribution >= 0.6 is 0 Å². The second kappa shape index (κ2) is 7.56. The van der Waals surface area contributed by atoms with Gasteiger partial charge in [-0.05, 0) is 26.4 Å². The summed E-state index contributed by atoms with van der Waals surface area (Å²) < 4.78 is 5.27. The first-order valence-corrected chi connectivity index (χ1v) is 5.12. The zero-order chi connectivity index (χ0) is 9.40. The molecule has 0 aromatic heterocycles. The largest absolute Gasteiger partial charge is 0.381 e. The maximum Gasteiger partial charge on any atom is 0.0480 e. The van der Waals surface area contributed by atoms with Gasteiger partial charge in [-0.3, -0.25) is 0 Å². The van der Waals surface area contributed by atoms with Crippen molar-refractivity contribution in [2.75, 3.05) is 26.8 Å². The molecule has 0 radical (unpaired) electrons. The quantitative estimate of drug-likeness (QED) is 0.634. The van der Waals surface area contributed by atoms with Crippen LogP contribution in [0.4, 0.5) is 0 Å². The van der Waals surface area contributed by atoms with Gasteiger partial charge >= 0.3 is 0 Å². The molecule has 0 aliphatic carbocycles. The van der Waals surface area contributed by atoms with E-state index in [0.29, 0.717) is 0 Å². The molecule has 1 aliphatic rings. The Morgan fingerprint density at radius 2 is 1.75 bits per heavy atom. The highest BCUT2D eigenvalue weighted by molar-refractivity contribution is 4.70. The topological polar surface area (TPSA) is 12.5 Å². The summed E-state index contributed by atoms with van der Waals surface area (Å²) in [5.41, 5.74) is 0. The van der Waals surface area contributed by atoms with Crippen LogP contribution in [0.15, 0.2) is 0 Å². The van der Waals surface area contributed by atoms with E-state index >= 15 is 0 Å². The second-order valence-electron chi connectivity index (χ2n) is 2.92. The van der Waals surface area contributed by atoms with E-state index in [9.17, 15) is 0 Å². The van der Waals surface area contributed by atoms with E-state index in [1.807, 2.05) is 13.8 Å². The first kappa shape index (κ1) is 11.9. The minimum atomic E-state index is 0.777. The van der Waals surface area contributed by atoms with Crippen LogP contribution in [0.25, 0.3) is 0 Å². The smallest absolute Gasteiger partial charge is 0.0480 e. The molecular weight excluding hydrogens is 150 g/mol. The number of ether oxygens (including phenoxy) is 1. The minimum absolute atomic E-state index is 0.777. The van der Waals surface area contributed by atoms with E-state index in [1.54, 1.807) is 0 Å². The van der Waals surface area contributed by atoms with Gasteiger partial charge in [0.05, 0.1) is 0 Å². The summed E-state index contributed by atoms with van der Waals surface area (Å²) in [4.78, 5) is 2.41. The van der Waals surface area contributed by atoms with E-state index in [0.717, 1.165) is 25.8 Å². The Kier molecular flexibility index (Phi) is 7.51. The van der Waals surface area contributed by atoms with Crippen molar-refractivity contribution < 1.29 is 4.74 Å². The highest BCUT2D eigenvalue weighted by Crippen LogP contribution is 2.11. The van der Waals surface area contributed by atoms with Crippen LogP contribution in [-0.2, 0) is 4.74 Å². The fourth-order valence-electron chi connectivity index (χ4n) is 1.38. The van der Waals surface area contributed by atoms with Gasteiger partial charge in [0, 0.05) is 19.3 Å². The van der Waals surface area contributed by atoms with Crippen LogP contribution in [0.2, 0.25) is 0 Å². The number of hydrogen-bond acceptors (Lipinski definition) is 2. The molecule has 0 N–H and O–H groups in total. The molecule has 0 bridgehead atoms. The third kappa shape index (κ3) is 4.07. The highest BCUT2D eigenvalue weighted by atomic mass is 16.5. The van der Waals surface area contributed by atoms with Crippen molar-refractivity contribution in [3.63, 3.8) is 0 Å². The van der Waals surface area contributed by atoms with E-state index in [4.69, 9.17) is 4.74 Å². The van der Waals surface area contributed by atoms with Crippen LogP contribution in [0, 0.1) is 0 Å². The van der Waals surface area contributed by atoms with Gasteiger partial charge in [-0.15, -0.1) is 0 Å². The summed E-state index contributed by atoms with van der Waals surface area (Å²) in [7, 11) is 2.19. The minimum Gasteiger partial charge on any atom is -0.381 e. The van der Waals surface area contributed by atoms with E-state index in [1.165, 1.54) is 12.8 Å². The van der Waals surface area contributed by atoms with Crippen molar-refractivity contribution in [1.29, 1.82) is 0 Å². The summed E-state index contributed by atoms with van der Waals surface area (Å²) in [6, 6.07) is 0.777. The molecule has 0 aromatic carbocycles. The fourth-order valence-corrected chi connectivity index (χ4v) is 1.38. The van der Waals surface area contributed by atoms with E-state index in [-0.39, 0.29) is 0 Å². The molecule has 1 aliphatic heterocycles. The molecule has 0 spiro atoms. The molecule has 0 saturated carbocycles. The fraction of sp³-hybridized carbons (Fsp3) is 1.00. The summed E-state index contributed by atoms with van der Waals surface area (Å²) >= 11 is 0. The highest BCUT2D eigenvalue weighted by Gasteiger charge is 2.16. The summed E-state index contributed by atoms with van der Waals surface area (Å²) in [5, 5.41) is 0. The SMILES string of the molecule is CC.CCN(C)C1CCOCC1. The molecule has 1 saturated heterocycles. The molecule has 1 fully saturated rings. The normalized spacial score (nSPS) is 18.8. The Bertz CT molecular complexity index is 89.8. The van der Waals surface area contributed by atoms with Crippen molar-refractivity contribution >= 4 is 0 Å². The molecule has 12 heavy (non-hydrogen) atoms. The molecule has 0 aromatic rings. The first-order valence-electron chi connectivity index (χ1n) is 5.12. The van der Waals surface area contributed by atoms with Gasteiger partial charge in [0.25, 0.3) is 0 Å². The lowest BCUT2D eigenvalue weighted by atomic mass is 10.1. The zero-order valence-corrected chi connectivity index (χ0v) is 8.97. The summed E-state index contributed by atoms with van der Waals surface area (Å²) in [5.74, 6) is 0. The average Bonchev–Trinajstić information content (AvgIpc) is 2.21. The van der Waals surface area contributed by atoms with E-state index < -0.39 is 0 Å². The summed E-state index contributed by atoms with van der Waals surface area (Å²) in [6.45, 7) is 9.27. The van der Waals surface area contributed by atoms with Crippen molar-refractivity contribution in [1.82, 2.24) is 4.90 Å². The molecule has 1 rings (SSSR count). The molecule has 0 atom stereocenters. The number of rotatable bonds is 2. The van der Waals surface area contributed by atoms with Gasteiger partial charge in [-0.25, -0.2) is 0 Å². The van der Waals surface area contributed by atoms with Gasteiger partial charge in [0.15, 0.2) is 0 Å². The average molecular weight is 173 g/mol. The van der Waals surface area contributed by atoms with Gasteiger partial charge in [0.1, 0.15) is 0 Å². The second-order valence-corrected chi connectivity index (χ2v) is 2.92. The molecular formula is C10H23NO. The Hall–Kier alpha value is -0.0800. The lowest BCUT2D eigenvalue weighted by Crippen LogP contribution is -2.36. The van der Waals surface area contributed by atoms with Crippen LogP contribution in [0.3, 0.4) is 0 Å². The molecule has 0 unspecified atom stereocenters. The molecule has 0 amide bonds. The zero-order valence-electron chi connectivity index (χ0n) is 8.97. The first-order chi connectivity index (χ1) is 5.84. The van der Waals surface area contributed by atoms with Gasteiger partial charge in [0.2, 0.25) is 0 Å². The third-order valence-electron chi connectivity index (χ3n) is 2.31. The maximum absolute atomic E-state index is 5.27. The monoisotopic (exact) mass is 173 g/mol. The molecule has 2 heteroatoms. The number of nitrogens with zero attached hydrogens (tertiary/aromatic N) is 1. The third-order valence-corrected chi connectivity index (χ3v) is 2.31. The Morgan fingerprint density at radius 1 is 1.25 bits per heavy atom. The molecule has 1 heterocycles. The standard InChI is InChI=1S/C8H17NO.C2H6/c1-3-9(2)8-4-6-10-7-5-8;1-2/h8H,3-7H2,1-2H3;1-2H3. The van der Waals surface area contributed by atoms with Crippen LogP contribution in [-0.4, -0.2) is 37.7 Å². The number of hydrogen-bond donors (Lipinski definition) is 0. The van der Waals surface area contributed by atoms with Crippen LogP contribution in [0.1, 0.15) is 33.6 Å². The van der Waals surface area contributed by atoms with Crippen LogP contribution < -0.4 is 0 Å². The van der Waals surface area contributed by atoms with Crippen molar-refractivity contribution in [3.05, 3.63) is 0 Å². The Labute approximate surface area is 76.9 Å². The predicted octanol–water partition coefficient (Wildman–Crippen LogP) is 2.14. The van der Waals surface area contributed by atoms with Crippen molar-refractivity contribution in [2.45, 2.75) is 39.7 Å². The van der Waals surface area contributed by atoms with Gasteiger partial charge < -0.3 is 9.64 Å². The Balaban J connectivity index is 0.000000561. The maximum atomic E-state index is 5.27. The Morgan fingerprint density at radius 3 is 2.17 bits per heavy atom. The molecule has 74 valence electrons. The summed E-state index contributed by atoms with van der Waals surface area (Å²) in [6.07, 6.45) is 2.43. The van der Waals surface area contributed by atoms with Crippen molar-refractivity contribution in [3.8, 4) is 0 Å². The van der Waals surface area contributed by atoms with Crippen molar-refractivity contribution in [2.24, 2.45) is 0 Å². The van der Waals surface area contributed by atoms with Gasteiger partial charge in [-0.2, -0.15) is 0 Å². The van der Waals surface area contributed by atoms with E-state index in [2.05, 4.69) is 18.9 Å². The lowest BCUT2D eigenvalue weighted by molar-refractivity contribution is 0.0447. The lowest BCUT2D eigenvalue weighted by Gasteiger charge is -2.29.